The van der Waals surface area contributed by atoms with Crippen LogP contribution >= 0.6 is 11.8 Å². The normalized spacial score (nSPS) is 20.2. The summed E-state index contributed by atoms with van der Waals surface area (Å²) in [5, 5.41) is 0. The van der Waals surface area contributed by atoms with Gasteiger partial charge in [0.05, 0.1) is 4.90 Å². The second kappa shape index (κ2) is 5.82. The molecular formula is C15H24N2O2S2. The summed E-state index contributed by atoms with van der Waals surface area (Å²) in [7, 11) is -3.48. The third-order valence-corrected chi connectivity index (χ3v) is 7.60. The summed E-state index contributed by atoms with van der Waals surface area (Å²) < 4.78 is 27.8. The van der Waals surface area contributed by atoms with E-state index < -0.39 is 10.0 Å². The van der Waals surface area contributed by atoms with Crippen molar-refractivity contribution >= 4 is 27.5 Å². The number of nitrogens with zero attached hydrogens (tertiary/aromatic N) is 1. The number of sulfonamides is 1. The molecule has 0 saturated carbocycles. The molecule has 1 saturated heterocycles. The minimum Gasteiger partial charge on any atom is -0.398 e. The van der Waals surface area contributed by atoms with Gasteiger partial charge < -0.3 is 5.73 Å². The van der Waals surface area contributed by atoms with Crippen molar-refractivity contribution < 1.29 is 8.42 Å². The minimum absolute atomic E-state index is 0.129. The van der Waals surface area contributed by atoms with Gasteiger partial charge in [-0.3, -0.25) is 0 Å². The summed E-state index contributed by atoms with van der Waals surface area (Å²) in [6.07, 6.45) is 0.858. The average Bonchev–Trinajstić information content (AvgIpc) is 2.55. The largest absolute Gasteiger partial charge is 0.398 e. The zero-order valence-electron chi connectivity index (χ0n) is 13.1. The Morgan fingerprint density at radius 1 is 1.24 bits per heavy atom. The topological polar surface area (TPSA) is 63.4 Å². The summed E-state index contributed by atoms with van der Waals surface area (Å²) in [6, 6.07) is 3.55. The fraction of sp³-hybridized carbons (Fsp3) is 0.600. The van der Waals surface area contributed by atoms with Gasteiger partial charge in [0.15, 0.2) is 0 Å². The smallest absolute Gasteiger partial charge is 0.243 e. The van der Waals surface area contributed by atoms with Crippen LogP contribution in [0.15, 0.2) is 17.0 Å². The van der Waals surface area contributed by atoms with E-state index in [0.717, 1.165) is 17.7 Å². The standard InChI is InChI=1S/C15H24N2O2S2/c1-11-5-6-13(16)12(2)14(11)21(18,19)17-8-7-15(3,4)20-10-9-17/h5-6H,7-10,16H2,1-4H3. The van der Waals surface area contributed by atoms with Crippen LogP contribution in [-0.2, 0) is 10.0 Å². The van der Waals surface area contributed by atoms with E-state index in [-0.39, 0.29) is 4.75 Å². The second-order valence-electron chi connectivity index (χ2n) is 6.19. The van der Waals surface area contributed by atoms with Crippen molar-refractivity contribution in [3.8, 4) is 0 Å². The molecule has 4 nitrogen and oxygen atoms in total. The zero-order valence-corrected chi connectivity index (χ0v) is 14.8. The van der Waals surface area contributed by atoms with Gasteiger partial charge in [-0.25, -0.2) is 8.42 Å². The Morgan fingerprint density at radius 3 is 2.57 bits per heavy atom. The van der Waals surface area contributed by atoms with Crippen LogP contribution in [0.1, 0.15) is 31.4 Å². The van der Waals surface area contributed by atoms with Gasteiger partial charge in [-0.1, -0.05) is 19.9 Å². The molecule has 118 valence electrons. The Hall–Kier alpha value is -0.720. The van der Waals surface area contributed by atoms with Gasteiger partial charge >= 0.3 is 0 Å². The van der Waals surface area contributed by atoms with Gasteiger partial charge in [0.1, 0.15) is 0 Å². The van der Waals surface area contributed by atoms with Crippen molar-refractivity contribution in [2.45, 2.75) is 43.8 Å². The Bertz CT molecular complexity index is 639. The molecule has 6 heteroatoms. The van der Waals surface area contributed by atoms with Crippen LogP contribution in [0.4, 0.5) is 5.69 Å². The first kappa shape index (κ1) is 16.6. The fourth-order valence-corrected chi connectivity index (χ4v) is 5.73. The third-order valence-electron chi connectivity index (χ3n) is 4.04. The number of aryl methyl sites for hydroxylation is 1. The van der Waals surface area contributed by atoms with E-state index in [1.54, 1.807) is 23.4 Å². The van der Waals surface area contributed by atoms with Crippen molar-refractivity contribution in [1.82, 2.24) is 4.31 Å². The van der Waals surface area contributed by atoms with Crippen molar-refractivity contribution in [2.24, 2.45) is 0 Å². The number of anilines is 1. The highest BCUT2D eigenvalue weighted by atomic mass is 32.2. The van der Waals surface area contributed by atoms with E-state index in [4.69, 9.17) is 5.73 Å². The Morgan fingerprint density at radius 2 is 1.90 bits per heavy atom. The van der Waals surface area contributed by atoms with Gasteiger partial charge in [0, 0.05) is 29.3 Å². The van der Waals surface area contributed by atoms with E-state index in [0.29, 0.717) is 29.2 Å². The van der Waals surface area contributed by atoms with Gasteiger partial charge in [-0.15, -0.1) is 0 Å². The first-order valence-corrected chi connectivity index (χ1v) is 9.57. The average molecular weight is 329 g/mol. The first-order valence-electron chi connectivity index (χ1n) is 7.15. The summed E-state index contributed by atoms with van der Waals surface area (Å²) in [6.45, 7) is 9.08. The highest BCUT2D eigenvalue weighted by Crippen LogP contribution is 2.34. The molecule has 2 rings (SSSR count). The van der Waals surface area contributed by atoms with E-state index in [1.165, 1.54) is 0 Å². The molecule has 0 atom stereocenters. The minimum atomic E-state index is -3.48. The van der Waals surface area contributed by atoms with Crippen LogP contribution in [0.25, 0.3) is 0 Å². The summed E-state index contributed by atoms with van der Waals surface area (Å²) >= 11 is 1.84. The quantitative estimate of drug-likeness (QED) is 0.848. The Labute approximate surface area is 132 Å². The van der Waals surface area contributed by atoms with Crippen LogP contribution in [0.3, 0.4) is 0 Å². The fourth-order valence-electron chi connectivity index (χ4n) is 2.61. The maximum Gasteiger partial charge on any atom is 0.243 e. The first-order chi connectivity index (χ1) is 9.65. The van der Waals surface area contributed by atoms with Crippen molar-refractivity contribution in [2.75, 3.05) is 24.6 Å². The molecule has 0 aliphatic carbocycles. The number of hydrogen-bond donors (Lipinski definition) is 1. The molecule has 0 aromatic heterocycles. The molecular weight excluding hydrogens is 304 g/mol. The predicted octanol–water partition coefficient (Wildman–Crippen LogP) is 2.79. The molecule has 2 N–H and O–H groups in total. The summed E-state index contributed by atoms with van der Waals surface area (Å²) in [5.41, 5.74) is 7.85. The molecule has 1 aromatic carbocycles. The molecule has 1 aliphatic heterocycles. The van der Waals surface area contributed by atoms with Crippen molar-refractivity contribution in [3.05, 3.63) is 23.3 Å². The maximum absolute atomic E-state index is 13.0. The lowest BCUT2D eigenvalue weighted by atomic mass is 10.1. The van der Waals surface area contributed by atoms with Crippen LogP contribution in [0.2, 0.25) is 0 Å². The molecule has 1 aliphatic rings. The van der Waals surface area contributed by atoms with Crippen molar-refractivity contribution in [1.29, 1.82) is 0 Å². The van der Waals surface area contributed by atoms with Crippen LogP contribution in [0, 0.1) is 13.8 Å². The number of benzene rings is 1. The third kappa shape index (κ3) is 3.38. The summed E-state index contributed by atoms with van der Waals surface area (Å²) in [5.74, 6) is 0.826. The van der Waals surface area contributed by atoms with E-state index in [9.17, 15) is 8.42 Å². The monoisotopic (exact) mass is 328 g/mol. The molecule has 1 heterocycles. The SMILES string of the molecule is Cc1ccc(N)c(C)c1S(=O)(=O)N1CCSC(C)(C)CC1. The maximum atomic E-state index is 13.0. The number of nitrogen functional groups attached to an aromatic ring is 1. The van der Waals surface area contributed by atoms with Crippen molar-refractivity contribution in [3.63, 3.8) is 0 Å². The highest BCUT2D eigenvalue weighted by Gasteiger charge is 2.32. The molecule has 0 unspecified atom stereocenters. The zero-order chi connectivity index (χ0) is 15.8. The molecule has 0 bridgehead atoms. The number of rotatable bonds is 2. The molecule has 0 amide bonds. The molecule has 0 radical (unpaired) electrons. The molecule has 21 heavy (non-hydrogen) atoms. The molecule has 1 aromatic rings. The molecule has 0 spiro atoms. The Kier molecular flexibility index (Phi) is 4.61. The van der Waals surface area contributed by atoms with E-state index in [2.05, 4.69) is 13.8 Å². The predicted molar refractivity (Wildman–Crippen MR) is 90.2 cm³/mol. The number of thioether (sulfide) groups is 1. The second-order valence-corrected chi connectivity index (χ2v) is 9.86. The number of nitrogens with two attached hydrogens (primary N) is 1. The summed E-state index contributed by atoms with van der Waals surface area (Å²) in [4.78, 5) is 0.382. The lowest BCUT2D eigenvalue weighted by Gasteiger charge is -2.24. The van der Waals surface area contributed by atoms with Crippen LogP contribution in [0.5, 0.6) is 0 Å². The van der Waals surface area contributed by atoms with Gasteiger partial charge in [-0.05, 0) is 37.5 Å². The molecule has 1 fully saturated rings. The van der Waals surface area contributed by atoms with Crippen LogP contribution < -0.4 is 5.73 Å². The van der Waals surface area contributed by atoms with Gasteiger partial charge in [-0.2, -0.15) is 16.1 Å². The van der Waals surface area contributed by atoms with E-state index >= 15 is 0 Å². The van der Waals surface area contributed by atoms with E-state index in [1.807, 2.05) is 18.7 Å². The lowest BCUT2D eigenvalue weighted by Crippen LogP contribution is -2.34. The lowest BCUT2D eigenvalue weighted by molar-refractivity contribution is 0.415. The Balaban J connectivity index is 2.41. The van der Waals surface area contributed by atoms with Gasteiger partial charge in [0.25, 0.3) is 0 Å². The number of hydrogen-bond acceptors (Lipinski definition) is 4. The van der Waals surface area contributed by atoms with Crippen LogP contribution in [-0.4, -0.2) is 36.3 Å². The highest BCUT2D eigenvalue weighted by molar-refractivity contribution is 8.00. The van der Waals surface area contributed by atoms with Gasteiger partial charge in [0.2, 0.25) is 10.0 Å².